The maximum atomic E-state index is 5.65. The Balaban J connectivity index is 2.12. The van der Waals surface area contributed by atoms with Crippen LogP contribution in [0, 0.1) is 6.92 Å². The molecule has 0 amide bonds. The molecule has 0 fully saturated rings. The van der Waals surface area contributed by atoms with Gasteiger partial charge in [0.2, 0.25) is 0 Å². The van der Waals surface area contributed by atoms with E-state index in [1.807, 2.05) is 18.2 Å². The molecule has 0 aliphatic carbocycles. The molecule has 0 spiro atoms. The van der Waals surface area contributed by atoms with E-state index in [4.69, 9.17) is 9.15 Å². The highest BCUT2D eigenvalue weighted by Crippen LogP contribution is 2.23. The average molecular weight is 273 g/mol. The van der Waals surface area contributed by atoms with Crippen LogP contribution in [-0.4, -0.2) is 13.7 Å². The van der Waals surface area contributed by atoms with E-state index in [1.165, 1.54) is 11.1 Å². The first kappa shape index (κ1) is 14.7. The zero-order chi connectivity index (χ0) is 14.4. The summed E-state index contributed by atoms with van der Waals surface area (Å²) in [4.78, 5) is 0. The van der Waals surface area contributed by atoms with Crippen LogP contribution < -0.4 is 10.1 Å². The van der Waals surface area contributed by atoms with Crippen molar-refractivity contribution in [1.82, 2.24) is 5.32 Å². The van der Waals surface area contributed by atoms with Crippen LogP contribution in [0.25, 0.3) is 0 Å². The Hall–Kier alpha value is -1.74. The zero-order valence-electron chi connectivity index (χ0n) is 12.5. The molecular formula is C17H23NO2. The van der Waals surface area contributed by atoms with Gasteiger partial charge < -0.3 is 14.5 Å². The van der Waals surface area contributed by atoms with Crippen molar-refractivity contribution in [2.75, 3.05) is 13.7 Å². The van der Waals surface area contributed by atoms with Crippen molar-refractivity contribution >= 4 is 0 Å². The van der Waals surface area contributed by atoms with Gasteiger partial charge in [0.25, 0.3) is 0 Å². The fourth-order valence-corrected chi connectivity index (χ4v) is 2.31. The van der Waals surface area contributed by atoms with Crippen LogP contribution in [0.15, 0.2) is 41.0 Å². The van der Waals surface area contributed by atoms with Gasteiger partial charge in [-0.3, -0.25) is 0 Å². The smallest absolute Gasteiger partial charge is 0.123 e. The number of furan rings is 1. The first-order valence-electron chi connectivity index (χ1n) is 7.15. The highest BCUT2D eigenvalue weighted by Gasteiger charge is 2.17. The lowest BCUT2D eigenvalue weighted by molar-refractivity contribution is 0.406. The van der Waals surface area contributed by atoms with E-state index in [9.17, 15) is 0 Å². The topological polar surface area (TPSA) is 34.4 Å². The molecular weight excluding hydrogens is 250 g/mol. The van der Waals surface area contributed by atoms with Crippen LogP contribution in [-0.2, 0) is 6.42 Å². The Morgan fingerprint density at radius 1 is 1.20 bits per heavy atom. The second kappa shape index (κ2) is 7.15. The third-order valence-electron chi connectivity index (χ3n) is 3.46. The molecule has 1 heterocycles. The third-order valence-corrected chi connectivity index (χ3v) is 3.46. The first-order valence-corrected chi connectivity index (χ1v) is 7.15. The molecule has 2 rings (SSSR count). The summed E-state index contributed by atoms with van der Waals surface area (Å²) in [5, 5.41) is 3.56. The summed E-state index contributed by atoms with van der Waals surface area (Å²) in [5.74, 6) is 1.93. The Morgan fingerprint density at radius 3 is 2.50 bits per heavy atom. The second-order valence-corrected chi connectivity index (χ2v) is 5.03. The lowest BCUT2D eigenvalue weighted by atomic mass is 10.0. The van der Waals surface area contributed by atoms with E-state index in [-0.39, 0.29) is 6.04 Å². The van der Waals surface area contributed by atoms with Crippen molar-refractivity contribution in [3.05, 3.63) is 53.5 Å². The highest BCUT2D eigenvalue weighted by atomic mass is 16.5. The van der Waals surface area contributed by atoms with Gasteiger partial charge in [0.05, 0.1) is 19.4 Å². The maximum Gasteiger partial charge on any atom is 0.123 e. The molecule has 0 saturated heterocycles. The molecule has 1 aromatic heterocycles. The zero-order valence-corrected chi connectivity index (χ0v) is 12.5. The Labute approximate surface area is 121 Å². The summed E-state index contributed by atoms with van der Waals surface area (Å²) >= 11 is 0. The minimum absolute atomic E-state index is 0.221. The average Bonchev–Trinajstić information content (AvgIpc) is 2.90. The summed E-state index contributed by atoms with van der Waals surface area (Å²) in [7, 11) is 1.69. The molecule has 2 aromatic rings. The van der Waals surface area contributed by atoms with Crippen LogP contribution >= 0.6 is 0 Å². The van der Waals surface area contributed by atoms with E-state index in [0.29, 0.717) is 0 Å². The summed E-state index contributed by atoms with van der Waals surface area (Å²) in [6.45, 7) is 5.25. The van der Waals surface area contributed by atoms with E-state index < -0.39 is 0 Å². The SMILES string of the molecule is CCCNC(Cc1ccc(OC)cc1)c1occc1C. The standard InChI is InChI=1S/C17H23NO2/c1-4-10-18-16(17-13(2)9-11-20-17)12-14-5-7-15(19-3)8-6-14/h5-9,11,16,18H,4,10,12H2,1-3H3. The van der Waals surface area contributed by atoms with Crippen molar-refractivity contribution in [2.45, 2.75) is 32.7 Å². The largest absolute Gasteiger partial charge is 0.497 e. The summed E-state index contributed by atoms with van der Waals surface area (Å²) in [5.41, 5.74) is 2.47. The van der Waals surface area contributed by atoms with Gasteiger partial charge in [-0.05, 0) is 55.6 Å². The predicted molar refractivity (Wildman–Crippen MR) is 81.2 cm³/mol. The van der Waals surface area contributed by atoms with Gasteiger partial charge in [-0.1, -0.05) is 19.1 Å². The summed E-state index contributed by atoms with van der Waals surface area (Å²) < 4.78 is 10.8. The molecule has 20 heavy (non-hydrogen) atoms. The maximum absolute atomic E-state index is 5.65. The monoisotopic (exact) mass is 273 g/mol. The van der Waals surface area contributed by atoms with Crippen molar-refractivity contribution in [3.8, 4) is 5.75 Å². The van der Waals surface area contributed by atoms with Gasteiger partial charge in [0.1, 0.15) is 11.5 Å². The Morgan fingerprint density at radius 2 is 1.95 bits per heavy atom. The van der Waals surface area contributed by atoms with Gasteiger partial charge in [-0.25, -0.2) is 0 Å². The van der Waals surface area contributed by atoms with E-state index in [0.717, 1.165) is 30.9 Å². The van der Waals surface area contributed by atoms with Gasteiger partial charge in [-0.15, -0.1) is 0 Å². The normalized spacial score (nSPS) is 12.3. The van der Waals surface area contributed by atoms with Crippen LogP contribution in [0.5, 0.6) is 5.75 Å². The van der Waals surface area contributed by atoms with Crippen molar-refractivity contribution < 1.29 is 9.15 Å². The quantitative estimate of drug-likeness (QED) is 0.831. The Kier molecular flexibility index (Phi) is 5.24. The minimum atomic E-state index is 0.221. The number of nitrogens with one attached hydrogen (secondary N) is 1. The predicted octanol–water partition coefficient (Wildman–Crippen LogP) is 3.88. The number of aryl methyl sites for hydroxylation is 1. The van der Waals surface area contributed by atoms with Crippen LogP contribution in [0.2, 0.25) is 0 Å². The molecule has 1 unspecified atom stereocenters. The van der Waals surface area contributed by atoms with Crippen molar-refractivity contribution in [3.63, 3.8) is 0 Å². The van der Waals surface area contributed by atoms with Crippen LogP contribution in [0.4, 0.5) is 0 Å². The Bertz CT molecular complexity index is 516. The van der Waals surface area contributed by atoms with Gasteiger partial charge >= 0.3 is 0 Å². The molecule has 3 heteroatoms. The number of hydrogen-bond acceptors (Lipinski definition) is 3. The molecule has 0 bridgehead atoms. The number of benzene rings is 1. The van der Waals surface area contributed by atoms with Gasteiger partial charge in [0.15, 0.2) is 0 Å². The number of hydrogen-bond donors (Lipinski definition) is 1. The van der Waals surface area contributed by atoms with Crippen molar-refractivity contribution in [1.29, 1.82) is 0 Å². The molecule has 0 aliphatic heterocycles. The highest BCUT2D eigenvalue weighted by molar-refractivity contribution is 5.29. The van der Waals surface area contributed by atoms with Gasteiger partial charge in [-0.2, -0.15) is 0 Å². The second-order valence-electron chi connectivity index (χ2n) is 5.03. The van der Waals surface area contributed by atoms with E-state index >= 15 is 0 Å². The molecule has 0 aliphatic rings. The third kappa shape index (κ3) is 3.64. The fraction of sp³-hybridized carbons (Fsp3) is 0.412. The molecule has 1 N–H and O–H groups in total. The number of methoxy groups -OCH3 is 1. The molecule has 108 valence electrons. The van der Waals surface area contributed by atoms with Gasteiger partial charge in [0, 0.05) is 0 Å². The first-order chi connectivity index (χ1) is 9.74. The fourth-order valence-electron chi connectivity index (χ4n) is 2.31. The lowest BCUT2D eigenvalue weighted by Crippen LogP contribution is -2.24. The molecule has 0 radical (unpaired) electrons. The number of ether oxygens (including phenoxy) is 1. The number of rotatable bonds is 7. The van der Waals surface area contributed by atoms with E-state index in [1.54, 1.807) is 13.4 Å². The summed E-state index contributed by atoms with van der Waals surface area (Å²) in [6.07, 6.45) is 3.79. The van der Waals surface area contributed by atoms with Crippen LogP contribution in [0.3, 0.4) is 0 Å². The van der Waals surface area contributed by atoms with E-state index in [2.05, 4.69) is 31.3 Å². The summed E-state index contributed by atoms with van der Waals surface area (Å²) in [6, 6.07) is 10.5. The minimum Gasteiger partial charge on any atom is -0.497 e. The molecule has 1 atom stereocenters. The lowest BCUT2D eigenvalue weighted by Gasteiger charge is -2.17. The van der Waals surface area contributed by atoms with Crippen LogP contribution in [0.1, 0.15) is 36.3 Å². The molecule has 3 nitrogen and oxygen atoms in total. The molecule has 1 aromatic carbocycles. The van der Waals surface area contributed by atoms with Crippen molar-refractivity contribution in [2.24, 2.45) is 0 Å². The molecule has 0 saturated carbocycles.